The summed E-state index contributed by atoms with van der Waals surface area (Å²) in [7, 11) is 0. The van der Waals surface area contributed by atoms with Crippen LogP contribution >= 0.6 is 11.3 Å². The predicted octanol–water partition coefficient (Wildman–Crippen LogP) is 6.70. The summed E-state index contributed by atoms with van der Waals surface area (Å²) in [5, 5.41) is 5.74. The predicted molar refractivity (Wildman–Crippen MR) is 140 cm³/mol. The molecule has 1 amide bonds. The highest BCUT2D eigenvalue weighted by atomic mass is 32.1. The van der Waals surface area contributed by atoms with Gasteiger partial charge in [0.2, 0.25) is 5.91 Å². The fourth-order valence-corrected chi connectivity index (χ4v) is 6.75. The summed E-state index contributed by atoms with van der Waals surface area (Å²) in [6, 6.07) is 24.8. The van der Waals surface area contributed by atoms with Gasteiger partial charge < -0.3 is 5.32 Å². The van der Waals surface area contributed by atoms with E-state index < -0.39 is 11.0 Å². The Morgan fingerprint density at radius 2 is 1.69 bits per heavy atom. The van der Waals surface area contributed by atoms with Crippen molar-refractivity contribution in [1.29, 1.82) is 0 Å². The summed E-state index contributed by atoms with van der Waals surface area (Å²) in [5.41, 5.74) is 6.01. The third kappa shape index (κ3) is 3.25. The number of nitrogens with one attached hydrogen (secondary N) is 1. The van der Waals surface area contributed by atoms with Crippen LogP contribution in [-0.2, 0) is 16.8 Å². The van der Waals surface area contributed by atoms with Crippen molar-refractivity contribution >= 4 is 22.4 Å². The van der Waals surface area contributed by atoms with Crippen molar-refractivity contribution in [2.75, 3.05) is 5.32 Å². The molecule has 0 spiro atoms. The van der Waals surface area contributed by atoms with Gasteiger partial charge >= 0.3 is 0 Å². The molecule has 1 atom stereocenters. The lowest BCUT2D eigenvalue weighted by atomic mass is 9.49. The van der Waals surface area contributed by atoms with Crippen molar-refractivity contribution < 1.29 is 4.79 Å². The van der Waals surface area contributed by atoms with Gasteiger partial charge in [-0.05, 0) is 30.5 Å². The number of fused-ring (bicyclic) bond motifs is 1. The number of hydrogen-bond donors (Lipinski definition) is 1. The van der Waals surface area contributed by atoms with E-state index in [9.17, 15) is 4.79 Å². The number of benzene rings is 3. The molecule has 0 saturated carbocycles. The van der Waals surface area contributed by atoms with E-state index in [1.54, 1.807) is 0 Å². The van der Waals surface area contributed by atoms with Gasteiger partial charge in [0.1, 0.15) is 0 Å². The number of anilines is 1. The summed E-state index contributed by atoms with van der Waals surface area (Å²) in [6.07, 6.45) is 1.18. The third-order valence-corrected chi connectivity index (χ3v) is 8.49. The molecule has 0 aliphatic heterocycles. The molecule has 0 saturated heterocycles. The topological polar surface area (TPSA) is 46.4 Å². The number of carbonyl (C=O) groups excluding carboxylic acids is 1. The number of aromatic nitrogens is 1. The van der Waals surface area contributed by atoms with E-state index in [1.807, 2.05) is 36.6 Å². The molecule has 3 aliphatic rings. The first kappa shape index (κ1) is 21.8. The summed E-state index contributed by atoms with van der Waals surface area (Å²) >= 11 is 1.46. The van der Waals surface area contributed by atoms with Crippen molar-refractivity contribution in [3.05, 3.63) is 129 Å². The van der Waals surface area contributed by atoms with E-state index in [0.29, 0.717) is 11.6 Å². The van der Waals surface area contributed by atoms with Crippen molar-refractivity contribution in [3.63, 3.8) is 0 Å². The normalized spacial score (nSPS) is 23.7. The van der Waals surface area contributed by atoms with Gasteiger partial charge in [0, 0.05) is 35.3 Å². The second-order valence-electron chi connectivity index (χ2n) is 9.93. The fraction of sp³-hybridized carbons (Fsp3) is 0.233. The molecule has 4 aromatic rings. The zero-order valence-electron chi connectivity index (χ0n) is 19.7. The van der Waals surface area contributed by atoms with Crippen molar-refractivity contribution in [2.45, 2.75) is 38.1 Å². The third-order valence-electron chi connectivity index (χ3n) is 7.68. The number of carbonyl (C=O) groups is 1. The molecule has 1 unspecified atom stereocenters. The molecule has 0 radical (unpaired) electrons. The molecule has 1 heterocycles. The van der Waals surface area contributed by atoms with Crippen molar-refractivity contribution in [3.8, 4) is 0 Å². The molecule has 4 nitrogen and oxygen atoms in total. The Hall–Kier alpha value is -3.75. The lowest BCUT2D eigenvalue weighted by Crippen LogP contribution is -2.53. The molecule has 2 bridgehead atoms. The average Bonchev–Trinajstić information content (AvgIpc) is 3.32. The summed E-state index contributed by atoms with van der Waals surface area (Å²) in [6.45, 7) is 12.4. The van der Waals surface area contributed by atoms with Gasteiger partial charge in [-0.25, -0.2) is 11.6 Å². The molecule has 1 aromatic heterocycles. The van der Waals surface area contributed by atoms with Crippen LogP contribution in [0.1, 0.15) is 58.3 Å². The van der Waals surface area contributed by atoms with Gasteiger partial charge in [-0.3, -0.25) is 9.64 Å². The average molecular weight is 476 g/mol. The van der Waals surface area contributed by atoms with E-state index in [0.717, 1.165) is 34.4 Å². The van der Waals surface area contributed by atoms with E-state index in [2.05, 4.69) is 65.6 Å². The maximum Gasteiger partial charge on any atom is 0.284 e. The van der Waals surface area contributed by atoms with E-state index >= 15 is 0 Å². The molecule has 7 rings (SSSR count). The van der Waals surface area contributed by atoms with Crippen molar-refractivity contribution in [1.82, 2.24) is 4.98 Å². The lowest BCUT2D eigenvalue weighted by Gasteiger charge is -2.51. The fourth-order valence-electron chi connectivity index (χ4n) is 6.05. The minimum Gasteiger partial charge on any atom is -0.301 e. The largest absolute Gasteiger partial charge is 0.301 e. The zero-order chi connectivity index (χ0) is 24.2. The molecule has 0 fully saturated rings. The van der Waals surface area contributed by atoms with Crippen LogP contribution < -0.4 is 5.32 Å². The van der Waals surface area contributed by atoms with Crippen LogP contribution in [-0.4, -0.2) is 10.9 Å². The van der Waals surface area contributed by atoms with Gasteiger partial charge in [-0.1, -0.05) is 78.4 Å². The van der Waals surface area contributed by atoms with Gasteiger partial charge in [0.15, 0.2) is 5.13 Å². The summed E-state index contributed by atoms with van der Waals surface area (Å²) in [5.74, 6) is -0.179. The van der Waals surface area contributed by atoms with E-state index in [4.69, 9.17) is 11.6 Å². The first-order valence-electron chi connectivity index (χ1n) is 11.8. The van der Waals surface area contributed by atoms with Gasteiger partial charge in [0.25, 0.3) is 5.54 Å². The second-order valence-corrected chi connectivity index (χ2v) is 10.8. The molecule has 5 heteroatoms. The molecule has 3 aromatic carbocycles. The smallest absolute Gasteiger partial charge is 0.284 e. The summed E-state index contributed by atoms with van der Waals surface area (Å²) in [4.78, 5) is 22.8. The number of rotatable bonds is 4. The molecule has 3 aliphatic carbocycles. The monoisotopic (exact) mass is 475 g/mol. The Kier molecular flexibility index (Phi) is 4.91. The van der Waals surface area contributed by atoms with Crippen LogP contribution in [0.5, 0.6) is 0 Å². The van der Waals surface area contributed by atoms with Crippen LogP contribution in [0.3, 0.4) is 0 Å². The Balaban J connectivity index is 1.34. The highest BCUT2D eigenvalue weighted by Crippen LogP contribution is 2.64. The van der Waals surface area contributed by atoms with Gasteiger partial charge in [0.05, 0.1) is 11.1 Å². The number of aryl methyl sites for hydroxylation is 1. The van der Waals surface area contributed by atoms with Gasteiger partial charge in [-0.15, -0.1) is 11.3 Å². The SMILES string of the molecule is [C-]#[N+]C12CC(C)(C(=O)Nc3nc(Cc4ccc(C)cc4)cs3)C(c3ccccc31)c1ccccc12. The molecular weight excluding hydrogens is 450 g/mol. The van der Waals surface area contributed by atoms with Crippen LogP contribution in [0.2, 0.25) is 0 Å². The van der Waals surface area contributed by atoms with E-state index in [-0.39, 0.29) is 11.8 Å². The maximum absolute atomic E-state index is 13.9. The molecule has 1 N–H and O–H groups in total. The standard InChI is InChI=1S/C30H25N3OS/c1-19-12-14-20(15-13-19)16-21-17-35-28(32-21)33-27(34)29(2)18-30(31-3)24-10-6-4-8-22(24)26(29)23-9-5-7-11-25(23)30/h4-15,17,26H,16,18H2,1-2H3,(H,32,33,34). The molecular formula is C30H25N3OS. The number of hydrogen-bond acceptors (Lipinski definition) is 3. The molecule has 172 valence electrons. The highest BCUT2D eigenvalue weighted by molar-refractivity contribution is 7.13. The van der Waals surface area contributed by atoms with Gasteiger partial charge in [-0.2, -0.15) is 0 Å². The quantitative estimate of drug-likeness (QED) is 0.334. The first-order chi connectivity index (χ1) is 16.9. The highest BCUT2D eigenvalue weighted by Gasteiger charge is 2.64. The second kappa shape index (κ2) is 7.90. The van der Waals surface area contributed by atoms with Crippen molar-refractivity contribution in [2.24, 2.45) is 5.41 Å². The van der Waals surface area contributed by atoms with Crippen LogP contribution in [0.4, 0.5) is 5.13 Å². The Morgan fingerprint density at radius 3 is 2.31 bits per heavy atom. The van der Waals surface area contributed by atoms with E-state index in [1.165, 1.54) is 22.5 Å². The minimum atomic E-state index is -0.854. The number of thiazole rings is 1. The number of nitrogens with zero attached hydrogens (tertiary/aromatic N) is 2. The Morgan fingerprint density at radius 1 is 1.06 bits per heavy atom. The zero-order valence-corrected chi connectivity index (χ0v) is 20.5. The summed E-state index contributed by atoms with van der Waals surface area (Å²) < 4.78 is 0. The minimum absolute atomic E-state index is 0.0734. The lowest BCUT2D eigenvalue weighted by molar-refractivity contribution is -0.127. The van der Waals surface area contributed by atoms with Crippen LogP contribution in [0, 0.1) is 18.9 Å². The number of amides is 1. The Labute approximate surface area is 209 Å². The maximum atomic E-state index is 13.9. The molecule has 35 heavy (non-hydrogen) atoms. The van der Waals surface area contributed by atoms with Crippen LogP contribution in [0.15, 0.2) is 78.2 Å². The Bertz CT molecular complexity index is 1450. The van der Waals surface area contributed by atoms with Crippen LogP contribution in [0.25, 0.3) is 4.85 Å². The first-order valence-corrected chi connectivity index (χ1v) is 12.7.